The Balaban J connectivity index is 1.51. The van der Waals surface area contributed by atoms with Gasteiger partial charge in [0, 0.05) is 36.1 Å². The van der Waals surface area contributed by atoms with Gasteiger partial charge in [0.05, 0.1) is 5.01 Å². The summed E-state index contributed by atoms with van der Waals surface area (Å²) < 4.78 is 0. The highest BCUT2D eigenvalue weighted by Crippen LogP contribution is 2.32. The first kappa shape index (κ1) is 13.5. The van der Waals surface area contributed by atoms with Crippen molar-refractivity contribution in [1.82, 2.24) is 15.6 Å². The maximum Gasteiger partial charge on any atom is 0.0965 e. The second-order valence-electron chi connectivity index (χ2n) is 6.08. The Kier molecular flexibility index (Phi) is 4.51. The molecule has 0 spiro atoms. The molecule has 4 unspecified atom stereocenters. The number of thiazole rings is 1. The summed E-state index contributed by atoms with van der Waals surface area (Å²) in [5.74, 6) is 1.39. The van der Waals surface area contributed by atoms with Crippen molar-refractivity contribution in [2.24, 2.45) is 5.92 Å². The number of hydrogen-bond donors (Lipinski definition) is 2. The van der Waals surface area contributed by atoms with Crippen LogP contribution in [0.15, 0.2) is 11.6 Å². The molecule has 3 rings (SSSR count). The lowest BCUT2D eigenvalue weighted by Gasteiger charge is -2.27. The minimum Gasteiger partial charge on any atom is -0.314 e. The van der Waals surface area contributed by atoms with Gasteiger partial charge in [0.15, 0.2) is 0 Å². The molecule has 1 aromatic heterocycles. The summed E-state index contributed by atoms with van der Waals surface area (Å²) in [4.78, 5) is 4.42. The Morgan fingerprint density at radius 1 is 1.42 bits per heavy atom. The summed E-state index contributed by atoms with van der Waals surface area (Å²) in [5.41, 5.74) is 0. The van der Waals surface area contributed by atoms with E-state index in [1.165, 1.54) is 43.7 Å². The summed E-state index contributed by atoms with van der Waals surface area (Å²) in [6, 6.07) is 1.49. The zero-order chi connectivity index (χ0) is 13.1. The van der Waals surface area contributed by atoms with Gasteiger partial charge in [0.1, 0.15) is 0 Å². The topological polar surface area (TPSA) is 37.0 Å². The van der Waals surface area contributed by atoms with Crippen molar-refractivity contribution in [2.75, 3.05) is 13.1 Å². The van der Waals surface area contributed by atoms with Crippen molar-refractivity contribution in [3.8, 4) is 0 Å². The molecule has 0 amide bonds. The number of nitrogens with one attached hydrogen (secondary N) is 2. The average Bonchev–Trinajstić information content (AvgIpc) is 3.14. The molecule has 1 saturated carbocycles. The van der Waals surface area contributed by atoms with Crippen LogP contribution in [0, 0.1) is 5.92 Å². The molecule has 1 aliphatic heterocycles. The van der Waals surface area contributed by atoms with Gasteiger partial charge in [-0.1, -0.05) is 13.3 Å². The average molecular weight is 279 g/mol. The van der Waals surface area contributed by atoms with E-state index in [1.807, 2.05) is 6.20 Å². The third kappa shape index (κ3) is 3.18. The van der Waals surface area contributed by atoms with E-state index in [9.17, 15) is 0 Å². The lowest BCUT2D eigenvalue weighted by Crippen LogP contribution is -2.43. The Labute approximate surface area is 120 Å². The minimum absolute atomic E-state index is 0.540. The maximum absolute atomic E-state index is 4.42. The normalized spacial score (nSPS) is 32.8. The second kappa shape index (κ2) is 6.33. The summed E-state index contributed by atoms with van der Waals surface area (Å²) >= 11 is 1.78. The van der Waals surface area contributed by atoms with Gasteiger partial charge in [-0.25, -0.2) is 4.98 Å². The fraction of sp³-hybridized carbons (Fsp3) is 0.800. The van der Waals surface area contributed by atoms with Crippen LogP contribution in [0.1, 0.15) is 50.0 Å². The standard InChI is InChI=1S/C15H25N3S/c1-11(15-17-8-9-19-15)10-18-14-5-2-4-12(14)13-6-3-7-16-13/h8-9,11-14,16,18H,2-7,10H2,1H3. The van der Waals surface area contributed by atoms with Crippen LogP contribution in [-0.4, -0.2) is 30.2 Å². The highest BCUT2D eigenvalue weighted by atomic mass is 32.1. The van der Waals surface area contributed by atoms with Gasteiger partial charge < -0.3 is 10.6 Å². The lowest BCUT2D eigenvalue weighted by molar-refractivity contribution is 0.318. The number of nitrogens with zero attached hydrogens (tertiary/aromatic N) is 1. The van der Waals surface area contributed by atoms with Crippen molar-refractivity contribution in [3.63, 3.8) is 0 Å². The fourth-order valence-corrected chi connectivity index (χ4v) is 4.39. The van der Waals surface area contributed by atoms with E-state index in [1.54, 1.807) is 11.3 Å². The molecule has 2 N–H and O–H groups in total. The van der Waals surface area contributed by atoms with E-state index < -0.39 is 0 Å². The Bertz CT molecular complexity index is 373. The molecule has 4 heteroatoms. The molecule has 0 aromatic carbocycles. The van der Waals surface area contributed by atoms with E-state index in [2.05, 4.69) is 27.9 Å². The molecule has 2 heterocycles. The van der Waals surface area contributed by atoms with Crippen molar-refractivity contribution >= 4 is 11.3 Å². The quantitative estimate of drug-likeness (QED) is 0.870. The molecule has 2 aliphatic rings. The van der Waals surface area contributed by atoms with E-state index >= 15 is 0 Å². The van der Waals surface area contributed by atoms with Crippen molar-refractivity contribution in [1.29, 1.82) is 0 Å². The van der Waals surface area contributed by atoms with E-state index in [0.717, 1.165) is 24.5 Å². The van der Waals surface area contributed by atoms with Crippen LogP contribution in [0.3, 0.4) is 0 Å². The van der Waals surface area contributed by atoms with Crippen LogP contribution < -0.4 is 10.6 Å². The van der Waals surface area contributed by atoms with Crippen LogP contribution >= 0.6 is 11.3 Å². The van der Waals surface area contributed by atoms with Gasteiger partial charge in [0.2, 0.25) is 0 Å². The van der Waals surface area contributed by atoms with Gasteiger partial charge in [-0.15, -0.1) is 11.3 Å². The first-order valence-electron chi connectivity index (χ1n) is 7.71. The smallest absolute Gasteiger partial charge is 0.0965 e. The van der Waals surface area contributed by atoms with Gasteiger partial charge in [-0.05, 0) is 38.1 Å². The summed E-state index contributed by atoms with van der Waals surface area (Å²) in [5, 5.41) is 10.9. The zero-order valence-electron chi connectivity index (χ0n) is 11.8. The molecule has 1 aliphatic carbocycles. The van der Waals surface area contributed by atoms with Gasteiger partial charge in [-0.3, -0.25) is 0 Å². The van der Waals surface area contributed by atoms with Crippen molar-refractivity contribution in [3.05, 3.63) is 16.6 Å². The zero-order valence-corrected chi connectivity index (χ0v) is 12.6. The van der Waals surface area contributed by atoms with E-state index in [-0.39, 0.29) is 0 Å². The predicted octanol–water partition coefficient (Wildman–Crippen LogP) is 2.76. The van der Waals surface area contributed by atoms with E-state index in [4.69, 9.17) is 0 Å². The Hall–Kier alpha value is -0.450. The molecule has 2 fully saturated rings. The summed E-state index contributed by atoms with van der Waals surface area (Å²) in [6.07, 6.45) is 8.81. The Morgan fingerprint density at radius 3 is 3.11 bits per heavy atom. The van der Waals surface area contributed by atoms with Crippen LogP contribution in [-0.2, 0) is 0 Å². The molecule has 106 valence electrons. The third-order valence-corrected chi connectivity index (χ3v) is 5.75. The molecule has 19 heavy (non-hydrogen) atoms. The van der Waals surface area contributed by atoms with Crippen LogP contribution in [0.4, 0.5) is 0 Å². The largest absolute Gasteiger partial charge is 0.314 e. The van der Waals surface area contributed by atoms with Crippen LogP contribution in [0.25, 0.3) is 0 Å². The second-order valence-corrected chi connectivity index (χ2v) is 7.01. The molecular formula is C15H25N3S. The fourth-order valence-electron chi connectivity index (χ4n) is 3.69. The summed E-state index contributed by atoms with van der Waals surface area (Å²) in [6.45, 7) is 4.58. The molecule has 1 saturated heterocycles. The molecule has 0 radical (unpaired) electrons. The molecule has 0 bridgehead atoms. The first-order chi connectivity index (χ1) is 9.34. The number of hydrogen-bond acceptors (Lipinski definition) is 4. The van der Waals surface area contributed by atoms with Gasteiger partial charge >= 0.3 is 0 Å². The first-order valence-corrected chi connectivity index (χ1v) is 8.58. The monoisotopic (exact) mass is 279 g/mol. The van der Waals surface area contributed by atoms with Gasteiger partial charge in [0.25, 0.3) is 0 Å². The molecule has 3 nitrogen and oxygen atoms in total. The van der Waals surface area contributed by atoms with Crippen LogP contribution in [0.5, 0.6) is 0 Å². The minimum atomic E-state index is 0.540. The predicted molar refractivity (Wildman–Crippen MR) is 80.7 cm³/mol. The SMILES string of the molecule is CC(CNC1CCCC1C1CCCN1)c1nccs1. The lowest BCUT2D eigenvalue weighted by atomic mass is 9.93. The van der Waals surface area contributed by atoms with Gasteiger partial charge in [-0.2, -0.15) is 0 Å². The van der Waals surface area contributed by atoms with Crippen molar-refractivity contribution in [2.45, 2.75) is 57.0 Å². The maximum atomic E-state index is 4.42. The number of aromatic nitrogens is 1. The van der Waals surface area contributed by atoms with Crippen LogP contribution in [0.2, 0.25) is 0 Å². The molecular weight excluding hydrogens is 254 g/mol. The number of rotatable bonds is 5. The third-order valence-electron chi connectivity index (χ3n) is 4.74. The van der Waals surface area contributed by atoms with E-state index in [0.29, 0.717) is 5.92 Å². The summed E-state index contributed by atoms with van der Waals surface area (Å²) in [7, 11) is 0. The highest BCUT2D eigenvalue weighted by molar-refractivity contribution is 7.09. The molecule has 1 aromatic rings. The van der Waals surface area contributed by atoms with Crippen molar-refractivity contribution < 1.29 is 0 Å². The Morgan fingerprint density at radius 2 is 2.37 bits per heavy atom. The molecule has 4 atom stereocenters. The highest BCUT2D eigenvalue weighted by Gasteiger charge is 2.34.